The molecular weight excluding hydrogens is 400 g/mol. The number of ketones is 1. The molecule has 0 aliphatic rings. The van der Waals surface area contributed by atoms with Gasteiger partial charge in [0, 0.05) is 20.6 Å². The summed E-state index contributed by atoms with van der Waals surface area (Å²) in [5.74, 6) is -0.645. The molecule has 0 fully saturated rings. The SMILES string of the molecule is COC/C=C/[C@H](CC(=O)Cn1c(C=O)ccc1C(=O)N(C)OC)OCc1ccccc1. The molecule has 1 aromatic heterocycles. The molecule has 0 N–H and O–H groups in total. The van der Waals surface area contributed by atoms with Crippen LogP contribution in [0.2, 0.25) is 0 Å². The third-order valence-corrected chi connectivity index (χ3v) is 4.60. The van der Waals surface area contributed by atoms with Crippen molar-refractivity contribution in [3.63, 3.8) is 0 Å². The number of ether oxygens (including phenoxy) is 2. The van der Waals surface area contributed by atoms with Crippen LogP contribution in [0.5, 0.6) is 0 Å². The number of aromatic nitrogens is 1. The molecule has 0 bridgehead atoms. The molecule has 0 saturated carbocycles. The third-order valence-electron chi connectivity index (χ3n) is 4.60. The smallest absolute Gasteiger partial charge is 0.293 e. The summed E-state index contributed by atoms with van der Waals surface area (Å²) in [6.45, 7) is 0.610. The minimum atomic E-state index is -0.473. The van der Waals surface area contributed by atoms with Gasteiger partial charge in [0.25, 0.3) is 5.91 Å². The molecule has 2 rings (SSSR count). The Morgan fingerprint density at radius 2 is 1.87 bits per heavy atom. The van der Waals surface area contributed by atoms with Gasteiger partial charge in [0.1, 0.15) is 5.69 Å². The normalized spacial score (nSPS) is 12.1. The lowest BCUT2D eigenvalue weighted by atomic mass is 10.1. The van der Waals surface area contributed by atoms with Crippen molar-refractivity contribution in [3.8, 4) is 0 Å². The topological polar surface area (TPSA) is 87.1 Å². The van der Waals surface area contributed by atoms with E-state index in [0.29, 0.717) is 19.5 Å². The highest BCUT2D eigenvalue weighted by Gasteiger charge is 2.21. The third kappa shape index (κ3) is 7.29. The van der Waals surface area contributed by atoms with Gasteiger partial charge < -0.3 is 14.0 Å². The van der Waals surface area contributed by atoms with E-state index in [1.54, 1.807) is 19.3 Å². The summed E-state index contributed by atoms with van der Waals surface area (Å²) in [7, 11) is 4.39. The lowest BCUT2D eigenvalue weighted by Crippen LogP contribution is -2.29. The van der Waals surface area contributed by atoms with Crippen LogP contribution in [0.25, 0.3) is 0 Å². The molecule has 1 amide bonds. The fraction of sp³-hybridized carbons (Fsp3) is 0.348. The van der Waals surface area contributed by atoms with Gasteiger partial charge in [0.05, 0.1) is 38.7 Å². The maximum Gasteiger partial charge on any atom is 0.293 e. The van der Waals surface area contributed by atoms with Crippen molar-refractivity contribution in [1.29, 1.82) is 0 Å². The Balaban J connectivity index is 2.11. The van der Waals surface area contributed by atoms with E-state index >= 15 is 0 Å². The van der Waals surface area contributed by atoms with Crippen LogP contribution in [0.1, 0.15) is 33.0 Å². The van der Waals surface area contributed by atoms with E-state index in [-0.39, 0.29) is 30.1 Å². The van der Waals surface area contributed by atoms with Crippen LogP contribution in [0.4, 0.5) is 0 Å². The summed E-state index contributed by atoms with van der Waals surface area (Å²) >= 11 is 0. The Bertz CT molecular complexity index is 891. The van der Waals surface area contributed by atoms with Crippen LogP contribution in [0, 0.1) is 0 Å². The minimum Gasteiger partial charge on any atom is -0.381 e. The maximum atomic E-state index is 12.8. The number of hydrogen-bond acceptors (Lipinski definition) is 6. The van der Waals surface area contributed by atoms with E-state index in [1.165, 1.54) is 30.9 Å². The fourth-order valence-electron chi connectivity index (χ4n) is 2.92. The molecule has 0 aliphatic carbocycles. The standard InChI is InChI=1S/C23H28N2O6/c1-24(30-3)23(28)22-12-11-19(16-26)25(22)15-20(27)14-21(10-7-13-29-2)31-17-18-8-5-4-6-9-18/h4-12,16,21H,13-15,17H2,1-3H3/b10-7+/t21-/m1/s1. The Morgan fingerprint density at radius 1 is 1.13 bits per heavy atom. The zero-order chi connectivity index (χ0) is 22.6. The number of Topliss-reactive ketones (excluding diaryl/α,β-unsaturated/α-hetero) is 1. The van der Waals surface area contributed by atoms with Crippen molar-refractivity contribution in [1.82, 2.24) is 9.63 Å². The molecule has 1 atom stereocenters. The molecular formula is C23H28N2O6. The monoisotopic (exact) mass is 428 g/mol. The first-order valence-corrected chi connectivity index (χ1v) is 9.79. The quantitative estimate of drug-likeness (QED) is 0.277. The highest BCUT2D eigenvalue weighted by atomic mass is 16.7. The van der Waals surface area contributed by atoms with Crippen molar-refractivity contribution in [3.05, 3.63) is 71.6 Å². The molecule has 0 unspecified atom stereocenters. The molecule has 8 heteroatoms. The predicted molar refractivity (Wildman–Crippen MR) is 115 cm³/mol. The van der Waals surface area contributed by atoms with Crippen LogP contribution in [-0.2, 0) is 32.3 Å². The Morgan fingerprint density at radius 3 is 2.52 bits per heavy atom. The maximum absolute atomic E-state index is 12.8. The summed E-state index contributed by atoms with van der Waals surface area (Å²) in [5, 5.41) is 1.03. The summed E-state index contributed by atoms with van der Waals surface area (Å²) < 4.78 is 12.3. The molecule has 1 aromatic carbocycles. The van der Waals surface area contributed by atoms with Crippen LogP contribution in [0.3, 0.4) is 0 Å². The first kappa shape index (κ1) is 24.2. The van der Waals surface area contributed by atoms with Crippen molar-refractivity contribution >= 4 is 18.0 Å². The van der Waals surface area contributed by atoms with Crippen molar-refractivity contribution in [2.24, 2.45) is 0 Å². The number of hydroxylamine groups is 2. The second-order valence-electron chi connectivity index (χ2n) is 6.79. The number of amides is 1. The highest BCUT2D eigenvalue weighted by molar-refractivity contribution is 5.94. The van der Waals surface area contributed by atoms with Crippen molar-refractivity contribution < 1.29 is 28.7 Å². The number of rotatable bonds is 13. The van der Waals surface area contributed by atoms with E-state index in [1.807, 2.05) is 30.3 Å². The molecule has 0 radical (unpaired) electrons. The van der Waals surface area contributed by atoms with E-state index in [9.17, 15) is 14.4 Å². The molecule has 0 aliphatic heterocycles. The second-order valence-corrected chi connectivity index (χ2v) is 6.79. The van der Waals surface area contributed by atoms with Gasteiger partial charge in [-0.15, -0.1) is 0 Å². The Labute approximate surface area is 182 Å². The summed E-state index contributed by atoms with van der Waals surface area (Å²) in [6.07, 6.45) is 3.79. The molecule has 8 nitrogen and oxygen atoms in total. The largest absolute Gasteiger partial charge is 0.381 e. The summed E-state index contributed by atoms with van der Waals surface area (Å²) in [4.78, 5) is 41.6. The lowest BCUT2D eigenvalue weighted by molar-refractivity contribution is -0.122. The van der Waals surface area contributed by atoms with Crippen LogP contribution in [0.15, 0.2) is 54.6 Å². The van der Waals surface area contributed by atoms with E-state index in [2.05, 4.69) is 0 Å². The first-order chi connectivity index (χ1) is 15.0. The number of benzene rings is 1. The number of nitrogens with zero attached hydrogens (tertiary/aromatic N) is 2. The molecule has 2 aromatic rings. The van der Waals surface area contributed by atoms with E-state index in [0.717, 1.165) is 10.6 Å². The average Bonchev–Trinajstić information content (AvgIpc) is 3.19. The average molecular weight is 428 g/mol. The molecule has 31 heavy (non-hydrogen) atoms. The zero-order valence-electron chi connectivity index (χ0n) is 18.0. The van der Waals surface area contributed by atoms with Crippen molar-refractivity contribution in [2.75, 3.05) is 27.9 Å². The Hall–Kier alpha value is -3.07. The van der Waals surface area contributed by atoms with Gasteiger partial charge in [-0.3, -0.25) is 19.2 Å². The zero-order valence-corrected chi connectivity index (χ0v) is 18.0. The minimum absolute atomic E-state index is 0.0806. The highest BCUT2D eigenvalue weighted by Crippen LogP contribution is 2.14. The first-order valence-electron chi connectivity index (χ1n) is 9.79. The van der Waals surface area contributed by atoms with Crippen LogP contribution >= 0.6 is 0 Å². The predicted octanol–water partition coefficient (Wildman–Crippen LogP) is 2.68. The van der Waals surface area contributed by atoms with Crippen LogP contribution < -0.4 is 0 Å². The lowest BCUT2D eigenvalue weighted by Gasteiger charge is -2.17. The second kappa shape index (κ2) is 12.6. The summed E-state index contributed by atoms with van der Waals surface area (Å²) in [6, 6.07) is 12.6. The van der Waals surface area contributed by atoms with Gasteiger partial charge in [-0.05, 0) is 17.7 Å². The van der Waals surface area contributed by atoms with Crippen LogP contribution in [-0.4, -0.2) is 61.6 Å². The number of hydrogen-bond donors (Lipinski definition) is 0. The molecule has 1 heterocycles. The molecule has 166 valence electrons. The van der Waals surface area contributed by atoms with Gasteiger partial charge in [0.15, 0.2) is 12.1 Å². The fourth-order valence-corrected chi connectivity index (χ4v) is 2.92. The number of carbonyl (C=O) groups excluding carboxylic acids is 3. The number of aldehydes is 1. The van der Waals surface area contributed by atoms with Gasteiger partial charge in [0.2, 0.25) is 0 Å². The molecule has 0 spiro atoms. The Kier molecular flexibility index (Phi) is 9.83. The number of carbonyl (C=O) groups is 3. The van der Waals surface area contributed by atoms with E-state index in [4.69, 9.17) is 14.3 Å². The van der Waals surface area contributed by atoms with Gasteiger partial charge in [-0.25, -0.2) is 5.06 Å². The van der Waals surface area contributed by atoms with Gasteiger partial charge in [-0.2, -0.15) is 0 Å². The summed E-state index contributed by atoms with van der Waals surface area (Å²) in [5.41, 5.74) is 1.42. The van der Waals surface area contributed by atoms with Gasteiger partial charge in [-0.1, -0.05) is 42.5 Å². The van der Waals surface area contributed by atoms with E-state index < -0.39 is 12.0 Å². The van der Waals surface area contributed by atoms with Gasteiger partial charge >= 0.3 is 0 Å². The van der Waals surface area contributed by atoms with Crippen molar-refractivity contribution in [2.45, 2.75) is 25.7 Å². The number of methoxy groups -OCH3 is 1. The molecule has 0 saturated heterocycles.